The Morgan fingerprint density at radius 1 is 1.35 bits per heavy atom. The Kier molecular flexibility index (Phi) is 7.03. The summed E-state index contributed by atoms with van der Waals surface area (Å²) in [7, 11) is 0. The van der Waals surface area contributed by atoms with Gasteiger partial charge in [-0.1, -0.05) is 19.9 Å². The van der Waals surface area contributed by atoms with E-state index in [2.05, 4.69) is 29.0 Å². The fourth-order valence-electron chi connectivity index (χ4n) is 2.16. The van der Waals surface area contributed by atoms with Crippen LogP contribution in [0.25, 0.3) is 0 Å². The zero-order valence-electron chi connectivity index (χ0n) is 13.6. The Morgan fingerprint density at radius 2 is 2.17 bits per heavy atom. The van der Waals surface area contributed by atoms with Gasteiger partial charge in [-0.2, -0.15) is 0 Å². The van der Waals surface area contributed by atoms with Crippen molar-refractivity contribution in [2.24, 2.45) is 0 Å². The summed E-state index contributed by atoms with van der Waals surface area (Å²) in [5, 5.41) is 4.90. The van der Waals surface area contributed by atoms with Gasteiger partial charge >= 0.3 is 0 Å². The molecule has 0 atom stereocenters. The summed E-state index contributed by atoms with van der Waals surface area (Å²) in [6.07, 6.45) is 0. The molecule has 5 nitrogen and oxygen atoms in total. The van der Waals surface area contributed by atoms with E-state index in [1.54, 1.807) is 17.6 Å². The van der Waals surface area contributed by atoms with Crippen molar-refractivity contribution in [2.75, 3.05) is 26.2 Å². The predicted octanol–water partition coefficient (Wildman–Crippen LogP) is 2.79. The van der Waals surface area contributed by atoms with E-state index in [-0.39, 0.29) is 5.91 Å². The number of nitrogens with zero attached hydrogens (tertiary/aromatic N) is 2. The van der Waals surface area contributed by atoms with Gasteiger partial charge in [0.25, 0.3) is 5.91 Å². The van der Waals surface area contributed by atoms with Crippen LogP contribution in [0.4, 0.5) is 0 Å². The van der Waals surface area contributed by atoms with Crippen molar-refractivity contribution < 1.29 is 9.53 Å². The van der Waals surface area contributed by atoms with Crippen LogP contribution in [0.1, 0.15) is 29.9 Å². The number of amides is 1. The van der Waals surface area contributed by atoms with Gasteiger partial charge in [-0.25, -0.2) is 4.98 Å². The van der Waals surface area contributed by atoms with Gasteiger partial charge in [0.15, 0.2) is 0 Å². The van der Waals surface area contributed by atoms with Gasteiger partial charge in [0.2, 0.25) is 0 Å². The zero-order valence-corrected chi connectivity index (χ0v) is 14.4. The molecular weight excluding hydrogens is 310 g/mol. The second-order valence-electron chi connectivity index (χ2n) is 5.08. The smallest absolute Gasteiger partial charge is 0.251 e. The number of carbonyl (C=O) groups excluding carboxylic acids is 1. The van der Waals surface area contributed by atoms with Crippen LogP contribution in [0.5, 0.6) is 5.75 Å². The summed E-state index contributed by atoms with van der Waals surface area (Å²) in [4.78, 5) is 18.6. The first kappa shape index (κ1) is 17.4. The lowest BCUT2D eigenvalue weighted by Crippen LogP contribution is -2.34. The topological polar surface area (TPSA) is 54.5 Å². The highest BCUT2D eigenvalue weighted by atomic mass is 32.1. The molecule has 1 aromatic carbocycles. The van der Waals surface area contributed by atoms with Gasteiger partial charge in [0.1, 0.15) is 12.4 Å². The third kappa shape index (κ3) is 5.65. The molecule has 0 saturated heterocycles. The largest absolute Gasteiger partial charge is 0.487 e. The van der Waals surface area contributed by atoms with Crippen molar-refractivity contribution in [2.45, 2.75) is 20.5 Å². The molecule has 0 unspecified atom stereocenters. The Labute approximate surface area is 141 Å². The van der Waals surface area contributed by atoms with E-state index in [0.717, 1.165) is 25.3 Å². The normalized spacial score (nSPS) is 10.7. The molecule has 124 valence electrons. The molecule has 0 radical (unpaired) electrons. The number of rotatable bonds is 9. The van der Waals surface area contributed by atoms with Crippen molar-refractivity contribution in [3.63, 3.8) is 0 Å². The van der Waals surface area contributed by atoms with E-state index in [0.29, 0.717) is 24.5 Å². The van der Waals surface area contributed by atoms with Crippen LogP contribution >= 0.6 is 11.3 Å². The lowest BCUT2D eigenvalue weighted by molar-refractivity contribution is 0.0948. The highest BCUT2D eigenvalue weighted by Gasteiger charge is 2.07. The molecule has 6 heteroatoms. The van der Waals surface area contributed by atoms with Crippen molar-refractivity contribution in [1.82, 2.24) is 15.2 Å². The Bertz CT molecular complexity index is 598. The molecule has 0 bridgehead atoms. The van der Waals surface area contributed by atoms with Crippen molar-refractivity contribution in [3.8, 4) is 5.75 Å². The average molecular weight is 333 g/mol. The molecule has 23 heavy (non-hydrogen) atoms. The van der Waals surface area contributed by atoms with Crippen molar-refractivity contribution in [3.05, 3.63) is 46.4 Å². The van der Waals surface area contributed by atoms with Crippen molar-refractivity contribution in [1.29, 1.82) is 0 Å². The number of benzene rings is 1. The molecular formula is C17H23N3O2S. The van der Waals surface area contributed by atoms with E-state index in [1.807, 2.05) is 17.5 Å². The van der Waals surface area contributed by atoms with Gasteiger partial charge in [-0.05, 0) is 31.3 Å². The van der Waals surface area contributed by atoms with E-state index >= 15 is 0 Å². The fraction of sp³-hybridized carbons (Fsp3) is 0.412. The minimum Gasteiger partial charge on any atom is -0.487 e. The molecule has 2 aromatic rings. The molecule has 0 spiro atoms. The molecule has 0 aliphatic rings. The summed E-state index contributed by atoms with van der Waals surface area (Å²) in [5.41, 5.74) is 3.28. The molecule has 0 aliphatic heterocycles. The lowest BCUT2D eigenvalue weighted by Gasteiger charge is -2.18. The maximum atomic E-state index is 12.2. The first-order valence-electron chi connectivity index (χ1n) is 7.83. The predicted molar refractivity (Wildman–Crippen MR) is 93.0 cm³/mol. The monoisotopic (exact) mass is 333 g/mol. The SMILES string of the molecule is CCN(CC)CCNC(=O)c1cccc(OCc2cscn2)c1. The van der Waals surface area contributed by atoms with E-state index < -0.39 is 0 Å². The lowest BCUT2D eigenvalue weighted by atomic mass is 10.2. The second kappa shape index (κ2) is 9.27. The standard InChI is InChI=1S/C17H23N3O2S/c1-3-20(4-2)9-8-18-17(21)14-6-5-7-16(10-14)22-11-15-12-23-13-19-15/h5-7,10,12-13H,3-4,8-9,11H2,1-2H3,(H,18,21). The molecule has 1 aromatic heterocycles. The minimum atomic E-state index is -0.0729. The van der Waals surface area contributed by atoms with Gasteiger partial charge in [0, 0.05) is 24.0 Å². The van der Waals surface area contributed by atoms with Gasteiger partial charge in [-0.15, -0.1) is 11.3 Å². The molecule has 0 saturated carbocycles. The maximum absolute atomic E-state index is 12.2. The summed E-state index contributed by atoms with van der Waals surface area (Å²) < 4.78 is 5.67. The van der Waals surface area contributed by atoms with Gasteiger partial charge in [-0.3, -0.25) is 4.79 Å². The molecule has 1 amide bonds. The molecule has 0 aliphatic carbocycles. The van der Waals surface area contributed by atoms with Crippen LogP contribution in [0, 0.1) is 0 Å². The number of aromatic nitrogens is 1. The summed E-state index contributed by atoms with van der Waals surface area (Å²) in [6.45, 7) is 8.14. The molecule has 0 fully saturated rings. The number of thiazole rings is 1. The van der Waals surface area contributed by atoms with E-state index in [1.165, 1.54) is 11.3 Å². The minimum absolute atomic E-state index is 0.0729. The van der Waals surface area contributed by atoms with Crippen LogP contribution < -0.4 is 10.1 Å². The number of ether oxygens (including phenoxy) is 1. The Morgan fingerprint density at radius 3 is 2.87 bits per heavy atom. The number of hydrogen-bond donors (Lipinski definition) is 1. The molecule has 1 heterocycles. The Balaban J connectivity index is 1.84. The van der Waals surface area contributed by atoms with E-state index in [4.69, 9.17) is 4.74 Å². The third-order valence-corrected chi connectivity index (χ3v) is 4.21. The summed E-state index contributed by atoms with van der Waals surface area (Å²) >= 11 is 1.54. The first-order chi connectivity index (χ1) is 11.2. The van der Waals surface area contributed by atoms with Crippen LogP contribution in [-0.2, 0) is 6.61 Å². The molecule has 2 rings (SSSR count). The van der Waals surface area contributed by atoms with Crippen LogP contribution in [-0.4, -0.2) is 42.0 Å². The summed E-state index contributed by atoms with van der Waals surface area (Å²) in [5.74, 6) is 0.602. The quantitative estimate of drug-likeness (QED) is 0.767. The molecule has 1 N–H and O–H groups in total. The summed E-state index contributed by atoms with van der Waals surface area (Å²) in [6, 6.07) is 7.23. The van der Waals surface area contributed by atoms with Gasteiger partial charge < -0.3 is 15.0 Å². The highest BCUT2D eigenvalue weighted by molar-refractivity contribution is 7.07. The van der Waals surface area contributed by atoms with Crippen molar-refractivity contribution >= 4 is 17.2 Å². The average Bonchev–Trinajstić information content (AvgIpc) is 3.10. The third-order valence-electron chi connectivity index (χ3n) is 3.57. The highest BCUT2D eigenvalue weighted by Crippen LogP contribution is 2.15. The first-order valence-corrected chi connectivity index (χ1v) is 8.77. The Hall–Kier alpha value is -1.92. The zero-order chi connectivity index (χ0) is 16.5. The van der Waals surface area contributed by atoms with E-state index in [9.17, 15) is 4.79 Å². The number of carbonyl (C=O) groups is 1. The number of nitrogens with one attached hydrogen (secondary N) is 1. The fourth-order valence-corrected chi connectivity index (χ4v) is 2.71. The van der Waals surface area contributed by atoms with Crippen LogP contribution in [0.2, 0.25) is 0 Å². The van der Waals surface area contributed by atoms with Crippen LogP contribution in [0.3, 0.4) is 0 Å². The number of hydrogen-bond acceptors (Lipinski definition) is 5. The maximum Gasteiger partial charge on any atom is 0.251 e. The van der Waals surface area contributed by atoms with Crippen LogP contribution in [0.15, 0.2) is 35.2 Å². The second-order valence-corrected chi connectivity index (χ2v) is 5.80. The number of likely N-dealkylation sites (N-methyl/N-ethyl adjacent to an activating group) is 1. The van der Waals surface area contributed by atoms with Gasteiger partial charge in [0.05, 0.1) is 11.2 Å².